The van der Waals surface area contributed by atoms with E-state index in [1.54, 1.807) is 10.9 Å². The van der Waals surface area contributed by atoms with Crippen molar-refractivity contribution in [2.75, 3.05) is 0 Å². The van der Waals surface area contributed by atoms with Gasteiger partial charge in [-0.2, -0.15) is 0 Å². The number of carboxylic acids is 1. The van der Waals surface area contributed by atoms with Crippen LogP contribution in [0.4, 0.5) is 0 Å². The number of rotatable bonds is 3. The van der Waals surface area contributed by atoms with Gasteiger partial charge in [0.2, 0.25) is 0 Å². The van der Waals surface area contributed by atoms with Crippen molar-refractivity contribution in [2.24, 2.45) is 0 Å². The fourth-order valence-corrected chi connectivity index (χ4v) is 2.41. The van der Waals surface area contributed by atoms with Crippen molar-refractivity contribution in [3.05, 3.63) is 47.9 Å². The molecule has 106 valence electrons. The van der Waals surface area contributed by atoms with Gasteiger partial charge in [-0.05, 0) is 30.2 Å². The van der Waals surface area contributed by atoms with Gasteiger partial charge in [-0.3, -0.25) is 4.98 Å². The zero-order chi connectivity index (χ0) is 15.0. The predicted molar refractivity (Wildman–Crippen MR) is 77.7 cm³/mol. The molecule has 6 nitrogen and oxygen atoms in total. The molecule has 2 heterocycles. The summed E-state index contributed by atoms with van der Waals surface area (Å²) >= 11 is 0. The van der Waals surface area contributed by atoms with Crippen molar-refractivity contribution in [3.8, 4) is 5.69 Å². The maximum absolute atomic E-state index is 11.3. The van der Waals surface area contributed by atoms with Crippen LogP contribution in [0.5, 0.6) is 0 Å². The van der Waals surface area contributed by atoms with Crippen molar-refractivity contribution < 1.29 is 9.90 Å². The summed E-state index contributed by atoms with van der Waals surface area (Å²) in [6, 6.07) is 9.44. The smallest absolute Gasteiger partial charge is 0.358 e. The molecule has 6 heteroatoms. The van der Waals surface area contributed by atoms with Crippen LogP contribution in [-0.2, 0) is 0 Å². The van der Waals surface area contributed by atoms with Crippen LogP contribution in [0.3, 0.4) is 0 Å². The molecule has 1 N–H and O–H groups in total. The fourth-order valence-electron chi connectivity index (χ4n) is 2.41. The minimum atomic E-state index is -1.07. The maximum atomic E-state index is 11.3. The van der Waals surface area contributed by atoms with Gasteiger partial charge >= 0.3 is 5.97 Å². The molecule has 0 aliphatic carbocycles. The predicted octanol–water partition coefficient (Wildman–Crippen LogP) is 2.64. The van der Waals surface area contributed by atoms with E-state index in [4.69, 9.17) is 0 Å². The molecule has 0 amide bonds. The van der Waals surface area contributed by atoms with E-state index in [0.29, 0.717) is 5.69 Å². The lowest BCUT2D eigenvalue weighted by atomic mass is 10.1. The van der Waals surface area contributed by atoms with E-state index < -0.39 is 5.97 Å². The van der Waals surface area contributed by atoms with Crippen molar-refractivity contribution in [2.45, 2.75) is 19.8 Å². The van der Waals surface area contributed by atoms with E-state index in [9.17, 15) is 9.90 Å². The Labute approximate surface area is 121 Å². The SMILES string of the molecule is CC(C)c1c(C(=O)O)nnn1-c1cccc2ncccc12. The van der Waals surface area contributed by atoms with Gasteiger partial charge < -0.3 is 5.11 Å². The summed E-state index contributed by atoms with van der Waals surface area (Å²) in [5.41, 5.74) is 2.19. The highest BCUT2D eigenvalue weighted by atomic mass is 16.4. The summed E-state index contributed by atoms with van der Waals surface area (Å²) in [5, 5.41) is 18.0. The normalized spacial score (nSPS) is 11.2. The number of aromatic nitrogens is 4. The highest BCUT2D eigenvalue weighted by Crippen LogP contribution is 2.25. The van der Waals surface area contributed by atoms with Crippen molar-refractivity contribution in [1.29, 1.82) is 0 Å². The minimum Gasteiger partial charge on any atom is -0.476 e. The Morgan fingerprint density at radius 2 is 2.05 bits per heavy atom. The number of nitrogens with zero attached hydrogens (tertiary/aromatic N) is 4. The lowest BCUT2D eigenvalue weighted by Gasteiger charge is -2.11. The first kappa shape index (κ1) is 13.2. The van der Waals surface area contributed by atoms with Gasteiger partial charge in [-0.15, -0.1) is 5.10 Å². The van der Waals surface area contributed by atoms with E-state index in [2.05, 4.69) is 15.3 Å². The first-order valence-corrected chi connectivity index (χ1v) is 6.62. The van der Waals surface area contributed by atoms with Gasteiger partial charge in [0.05, 0.1) is 16.9 Å². The van der Waals surface area contributed by atoms with Gasteiger partial charge in [-0.1, -0.05) is 25.1 Å². The molecule has 0 aliphatic heterocycles. The summed E-state index contributed by atoms with van der Waals surface area (Å²) in [4.78, 5) is 15.6. The Hall–Kier alpha value is -2.76. The van der Waals surface area contributed by atoms with Crippen LogP contribution in [0.1, 0.15) is 35.9 Å². The number of carbonyl (C=O) groups is 1. The average Bonchev–Trinajstić information content (AvgIpc) is 2.91. The lowest BCUT2D eigenvalue weighted by molar-refractivity contribution is 0.0688. The van der Waals surface area contributed by atoms with Crippen molar-refractivity contribution >= 4 is 16.9 Å². The number of aromatic carboxylic acids is 1. The van der Waals surface area contributed by atoms with Gasteiger partial charge in [-0.25, -0.2) is 9.48 Å². The molecule has 3 rings (SSSR count). The van der Waals surface area contributed by atoms with Crippen LogP contribution in [-0.4, -0.2) is 31.1 Å². The van der Waals surface area contributed by atoms with E-state index in [1.165, 1.54) is 0 Å². The molecule has 0 fully saturated rings. The van der Waals surface area contributed by atoms with Crippen LogP contribution in [0.15, 0.2) is 36.5 Å². The largest absolute Gasteiger partial charge is 0.476 e. The topological polar surface area (TPSA) is 80.9 Å². The lowest BCUT2D eigenvalue weighted by Crippen LogP contribution is -2.09. The van der Waals surface area contributed by atoms with E-state index in [1.807, 2.05) is 44.2 Å². The summed E-state index contributed by atoms with van der Waals surface area (Å²) < 4.78 is 1.60. The third-order valence-electron chi connectivity index (χ3n) is 3.31. The Bertz CT molecular complexity index is 818. The molecular formula is C15H14N4O2. The Kier molecular flexibility index (Phi) is 3.13. The van der Waals surface area contributed by atoms with E-state index in [0.717, 1.165) is 16.6 Å². The van der Waals surface area contributed by atoms with Gasteiger partial charge in [0, 0.05) is 11.6 Å². The Morgan fingerprint density at radius 1 is 1.24 bits per heavy atom. The molecule has 0 unspecified atom stereocenters. The number of hydrogen-bond acceptors (Lipinski definition) is 4. The molecule has 0 bridgehead atoms. The fraction of sp³-hybridized carbons (Fsp3) is 0.200. The van der Waals surface area contributed by atoms with Gasteiger partial charge in [0.15, 0.2) is 5.69 Å². The number of pyridine rings is 1. The number of carboxylic acid groups (broad SMARTS) is 1. The van der Waals surface area contributed by atoms with E-state index >= 15 is 0 Å². The van der Waals surface area contributed by atoms with Crippen LogP contribution in [0.25, 0.3) is 16.6 Å². The molecule has 0 aliphatic rings. The van der Waals surface area contributed by atoms with Crippen LogP contribution < -0.4 is 0 Å². The highest BCUT2D eigenvalue weighted by Gasteiger charge is 2.23. The number of fused-ring (bicyclic) bond motifs is 1. The summed E-state index contributed by atoms with van der Waals surface area (Å²) in [5.74, 6) is -1.08. The second kappa shape index (κ2) is 4.97. The number of benzene rings is 1. The molecule has 3 aromatic rings. The zero-order valence-corrected chi connectivity index (χ0v) is 11.7. The van der Waals surface area contributed by atoms with Crippen LogP contribution >= 0.6 is 0 Å². The van der Waals surface area contributed by atoms with Crippen molar-refractivity contribution in [1.82, 2.24) is 20.0 Å². The Balaban J connectivity index is 2.31. The molecule has 2 aromatic heterocycles. The quantitative estimate of drug-likeness (QED) is 0.798. The van der Waals surface area contributed by atoms with Crippen LogP contribution in [0.2, 0.25) is 0 Å². The zero-order valence-electron chi connectivity index (χ0n) is 11.7. The standard InChI is InChI=1S/C15H14N4O2/c1-9(2)14-13(15(20)21)17-18-19(14)12-7-3-6-11-10(12)5-4-8-16-11/h3-9H,1-2H3,(H,20,21). The van der Waals surface area contributed by atoms with Gasteiger partial charge in [0.1, 0.15) is 0 Å². The first-order chi connectivity index (χ1) is 10.1. The third kappa shape index (κ3) is 2.14. The third-order valence-corrected chi connectivity index (χ3v) is 3.31. The molecule has 0 saturated heterocycles. The van der Waals surface area contributed by atoms with Gasteiger partial charge in [0.25, 0.3) is 0 Å². The molecular weight excluding hydrogens is 268 g/mol. The number of hydrogen-bond donors (Lipinski definition) is 1. The summed E-state index contributed by atoms with van der Waals surface area (Å²) in [7, 11) is 0. The second-order valence-corrected chi connectivity index (χ2v) is 5.04. The van der Waals surface area contributed by atoms with Crippen molar-refractivity contribution in [3.63, 3.8) is 0 Å². The second-order valence-electron chi connectivity index (χ2n) is 5.04. The molecule has 0 spiro atoms. The molecule has 1 aromatic carbocycles. The summed E-state index contributed by atoms with van der Waals surface area (Å²) in [6.07, 6.45) is 1.72. The first-order valence-electron chi connectivity index (χ1n) is 6.62. The molecule has 21 heavy (non-hydrogen) atoms. The summed E-state index contributed by atoms with van der Waals surface area (Å²) in [6.45, 7) is 3.84. The monoisotopic (exact) mass is 282 g/mol. The van der Waals surface area contributed by atoms with E-state index in [-0.39, 0.29) is 11.6 Å². The molecule has 0 radical (unpaired) electrons. The van der Waals surface area contributed by atoms with Crippen LogP contribution in [0, 0.1) is 0 Å². The minimum absolute atomic E-state index is 0.00843. The average molecular weight is 282 g/mol. The Morgan fingerprint density at radius 3 is 2.76 bits per heavy atom. The molecule has 0 atom stereocenters. The highest BCUT2D eigenvalue weighted by molar-refractivity contribution is 5.89. The maximum Gasteiger partial charge on any atom is 0.358 e. The molecule has 0 saturated carbocycles.